The number of esters is 1. The van der Waals surface area contributed by atoms with Crippen LogP contribution in [0, 0.1) is 5.82 Å². The van der Waals surface area contributed by atoms with Crippen LogP contribution in [0.25, 0.3) is 5.76 Å². The largest absolute Gasteiger partial charge is 0.505 e. The Bertz CT molecular complexity index is 866. The lowest BCUT2D eigenvalue weighted by molar-refractivity contribution is -0.141. The molecule has 2 aromatic rings. The number of aliphatic hydroxyl groups is 1. The van der Waals surface area contributed by atoms with Crippen molar-refractivity contribution < 1.29 is 23.8 Å². The number of hydrogen-bond donors (Lipinski definition) is 1. The Morgan fingerprint density at radius 1 is 1.27 bits per heavy atom. The lowest BCUT2D eigenvalue weighted by atomic mass is 9.81. The van der Waals surface area contributed by atoms with Crippen LogP contribution >= 0.6 is 0 Å². The first-order valence-electron chi connectivity index (χ1n) is 7.96. The predicted molar refractivity (Wildman–Crippen MR) is 96.1 cm³/mol. The Hall–Kier alpha value is -2.89. The molecule has 0 spiro atoms. The minimum absolute atomic E-state index is 0. The summed E-state index contributed by atoms with van der Waals surface area (Å²) in [7, 11) is 0. The van der Waals surface area contributed by atoms with Crippen molar-refractivity contribution in [3.8, 4) is 0 Å². The number of aliphatic hydroxyl groups excluding tert-OH is 1. The number of rotatable bonds is 4. The number of aromatic nitrogens is 1. The molecule has 3 rings (SSSR count). The standard InChI is InChI=1S/C19H18FNO4.CH4/c1-3-25-18(24)15-16(22)14-5-4-10-21(14)19(2,17(15)23)11-12-6-8-13(20)9-7-12;/h4-10,22H,3,11H2,1-2H3;1H4/t19-;/m0./s1. The first-order valence-corrected chi connectivity index (χ1v) is 7.96. The van der Waals surface area contributed by atoms with Crippen molar-refractivity contribution in [2.24, 2.45) is 0 Å². The normalized spacial score (nSPS) is 19.0. The second-order valence-electron chi connectivity index (χ2n) is 6.11. The molecule has 0 fully saturated rings. The summed E-state index contributed by atoms with van der Waals surface area (Å²) in [6.07, 6.45) is 1.92. The molecule has 1 aromatic carbocycles. The number of Topliss-reactive ketones (excluding diaryl/α,β-unsaturated/α-hetero) is 1. The Morgan fingerprint density at radius 2 is 1.92 bits per heavy atom. The Morgan fingerprint density at radius 3 is 2.54 bits per heavy atom. The average Bonchev–Trinajstić information content (AvgIpc) is 3.07. The van der Waals surface area contributed by atoms with Crippen LogP contribution in [0.1, 0.15) is 32.5 Å². The number of fused-ring (bicyclic) bond motifs is 1. The maximum absolute atomic E-state index is 13.2. The van der Waals surface area contributed by atoms with E-state index in [1.807, 2.05) is 0 Å². The summed E-state index contributed by atoms with van der Waals surface area (Å²) < 4.78 is 19.7. The van der Waals surface area contributed by atoms with Crippen LogP contribution in [0.15, 0.2) is 48.2 Å². The highest BCUT2D eigenvalue weighted by Gasteiger charge is 2.46. The monoisotopic (exact) mass is 359 g/mol. The highest BCUT2D eigenvalue weighted by molar-refractivity contribution is 6.25. The third-order valence-corrected chi connectivity index (χ3v) is 4.42. The van der Waals surface area contributed by atoms with Gasteiger partial charge in [0.2, 0.25) is 0 Å². The number of ketones is 1. The maximum Gasteiger partial charge on any atom is 0.345 e. The van der Waals surface area contributed by atoms with E-state index in [9.17, 15) is 19.1 Å². The summed E-state index contributed by atoms with van der Waals surface area (Å²) >= 11 is 0. The van der Waals surface area contributed by atoms with Crippen molar-refractivity contribution in [3.05, 3.63) is 65.2 Å². The molecule has 2 heterocycles. The first kappa shape index (κ1) is 19.4. The molecule has 26 heavy (non-hydrogen) atoms. The molecule has 0 aliphatic carbocycles. The van der Waals surface area contributed by atoms with Gasteiger partial charge in [-0.25, -0.2) is 9.18 Å². The zero-order valence-corrected chi connectivity index (χ0v) is 14.0. The SMILES string of the molecule is C.CCOC(=O)C1=C(O)c2cccn2[C@@](C)(Cc2ccc(F)cc2)C1=O. The summed E-state index contributed by atoms with van der Waals surface area (Å²) in [5.41, 5.74) is -0.378. The van der Waals surface area contributed by atoms with Gasteiger partial charge in [-0.2, -0.15) is 0 Å². The molecule has 5 nitrogen and oxygen atoms in total. The molecule has 1 aliphatic heterocycles. The Balaban J connectivity index is 0.00000243. The predicted octanol–water partition coefficient (Wildman–Crippen LogP) is 3.64. The molecule has 138 valence electrons. The van der Waals surface area contributed by atoms with Gasteiger partial charge in [0.1, 0.15) is 16.9 Å². The molecule has 0 amide bonds. The lowest BCUT2D eigenvalue weighted by Crippen LogP contribution is -2.47. The number of carbonyl (C=O) groups is 2. The van der Waals surface area contributed by atoms with E-state index in [-0.39, 0.29) is 37.6 Å². The molecule has 1 N–H and O–H groups in total. The topological polar surface area (TPSA) is 68.5 Å². The number of hydrogen-bond acceptors (Lipinski definition) is 4. The molecule has 0 saturated heterocycles. The van der Waals surface area contributed by atoms with E-state index in [1.54, 1.807) is 48.9 Å². The van der Waals surface area contributed by atoms with Gasteiger partial charge in [0.05, 0.1) is 12.3 Å². The highest BCUT2D eigenvalue weighted by Crippen LogP contribution is 2.37. The van der Waals surface area contributed by atoms with Crippen LogP contribution in [0.3, 0.4) is 0 Å². The molecular weight excluding hydrogens is 337 g/mol. The second kappa shape index (κ2) is 7.15. The molecule has 0 radical (unpaired) electrons. The van der Waals surface area contributed by atoms with Gasteiger partial charge in [-0.15, -0.1) is 0 Å². The Labute approximate surface area is 151 Å². The fraction of sp³-hybridized carbons (Fsp3) is 0.300. The molecular formula is C20H22FNO4. The van der Waals surface area contributed by atoms with E-state index in [1.165, 1.54) is 12.1 Å². The molecule has 1 atom stereocenters. The minimum Gasteiger partial charge on any atom is -0.505 e. The molecule has 1 aliphatic rings. The minimum atomic E-state index is -1.13. The van der Waals surface area contributed by atoms with Gasteiger partial charge in [0, 0.05) is 12.6 Å². The van der Waals surface area contributed by atoms with Crippen LogP contribution in [-0.2, 0) is 26.3 Å². The van der Waals surface area contributed by atoms with E-state index in [0.717, 1.165) is 5.56 Å². The highest BCUT2D eigenvalue weighted by atomic mass is 19.1. The van der Waals surface area contributed by atoms with Crippen molar-refractivity contribution in [1.29, 1.82) is 0 Å². The van der Waals surface area contributed by atoms with Gasteiger partial charge < -0.3 is 14.4 Å². The summed E-state index contributed by atoms with van der Waals surface area (Å²) in [6, 6.07) is 9.16. The smallest absolute Gasteiger partial charge is 0.345 e. The quantitative estimate of drug-likeness (QED) is 0.668. The van der Waals surface area contributed by atoms with E-state index < -0.39 is 17.3 Å². The van der Waals surface area contributed by atoms with Crippen LogP contribution in [0.4, 0.5) is 4.39 Å². The van der Waals surface area contributed by atoms with E-state index >= 15 is 0 Å². The number of benzene rings is 1. The van der Waals surface area contributed by atoms with E-state index in [4.69, 9.17) is 4.74 Å². The molecule has 0 bridgehead atoms. The third kappa shape index (κ3) is 3.03. The van der Waals surface area contributed by atoms with E-state index in [0.29, 0.717) is 5.69 Å². The molecule has 0 unspecified atom stereocenters. The lowest BCUT2D eigenvalue weighted by Gasteiger charge is -2.36. The number of halogens is 1. The fourth-order valence-electron chi connectivity index (χ4n) is 3.18. The van der Waals surface area contributed by atoms with Gasteiger partial charge in [0.25, 0.3) is 0 Å². The summed E-state index contributed by atoms with van der Waals surface area (Å²) in [5, 5.41) is 10.4. The van der Waals surface area contributed by atoms with Gasteiger partial charge in [-0.3, -0.25) is 4.79 Å². The fourth-order valence-corrected chi connectivity index (χ4v) is 3.18. The zero-order chi connectivity index (χ0) is 18.2. The van der Waals surface area contributed by atoms with Crippen LogP contribution in [0.2, 0.25) is 0 Å². The average molecular weight is 359 g/mol. The zero-order valence-electron chi connectivity index (χ0n) is 14.0. The van der Waals surface area contributed by atoms with Crippen molar-refractivity contribution in [3.63, 3.8) is 0 Å². The molecule has 1 aromatic heterocycles. The van der Waals surface area contributed by atoms with Gasteiger partial charge in [0.15, 0.2) is 11.5 Å². The van der Waals surface area contributed by atoms with Crippen molar-refractivity contribution >= 4 is 17.5 Å². The number of nitrogens with zero attached hydrogens (tertiary/aromatic N) is 1. The number of ether oxygens (including phenoxy) is 1. The van der Waals surface area contributed by atoms with Crippen LogP contribution < -0.4 is 0 Å². The van der Waals surface area contributed by atoms with Crippen LogP contribution in [-0.4, -0.2) is 28.0 Å². The van der Waals surface area contributed by atoms with Gasteiger partial charge in [-0.05, 0) is 43.7 Å². The van der Waals surface area contributed by atoms with Gasteiger partial charge >= 0.3 is 5.97 Å². The molecule has 0 saturated carbocycles. The van der Waals surface area contributed by atoms with Crippen molar-refractivity contribution in [2.75, 3.05) is 6.61 Å². The maximum atomic E-state index is 13.2. The summed E-state index contributed by atoms with van der Waals surface area (Å²) in [5.74, 6) is -2.13. The molecule has 6 heteroatoms. The summed E-state index contributed by atoms with van der Waals surface area (Å²) in [6.45, 7) is 3.41. The Kier molecular flexibility index (Phi) is 5.35. The van der Waals surface area contributed by atoms with E-state index in [2.05, 4.69) is 0 Å². The van der Waals surface area contributed by atoms with Crippen LogP contribution in [0.5, 0.6) is 0 Å². The van der Waals surface area contributed by atoms with Crippen molar-refractivity contribution in [1.82, 2.24) is 4.57 Å². The second-order valence-corrected chi connectivity index (χ2v) is 6.11. The third-order valence-electron chi connectivity index (χ3n) is 4.42. The first-order chi connectivity index (χ1) is 11.9. The van der Waals surface area contributed by atoms with Crippen molar-refractivity contribution in [2.45, 2.75) is 33.2 Å². The summed E-state index contributed by atoms with van der Waals surface area (Å²) in [4.78, 5) is 25.3. The number of carbonyl (C=O) groups excluding carboxylic acids is 2. The van der Waals surface area contributed by atoms with Gasteiger partial charge in [-0.1, -0.05) is 19.6 Å².